The van der Waals surface area contributed by atoms with Crippen molar-refractivity contribution in [3.8, 4) is 0 Å². The Labute approximate surface area is 143 Å². The smallest absolute Gasteiger partial charge is 0.0386 e. The van der Waals surface area contributed by atoms with Crippen LogP contribution in [0.25, 0.3) is 0 Å². The van der Waals surface area contributed by atoms with Gasteiger partial charge in [-0.25, -0.2) is 0 Å². The van der Waals surface area contributed by atoms with Crippen LogP contribution in [0, 0.1) is 53.3 Å². The van der Waals surface area contributed by atoms with Gasteiger partial charge in [0.25, 0.3) is 0 Å². The van der Waals surface area contributed by atoms with Gasteiger partial charge < -0.3 is 0 Å². The van der Waals surface area contributed by atoms with Crippen LogP contribution in [-0.4, -0.2) is 0 Å². The van der Waals surface area contributed by atoms with E-state index in [0.29, 0.717) is 0 Å². The molecule has 0 aliphatic carbocycles. The highest BCUT2D eigenvalue weighted by atomic mass is 14.4. The third-order valence-corrected chi connectivity index (χ3v) is 7.57. The molecule has 0 aliphatic rings. The van der Waals surface area contributed by atoms with Gasteiger partial charge in [0, 0.05) is 0 Å². The van der Waals surface area contributed by atoms with E-state index in [1.807, 2.05) is 0 Å². The first-order valence-electron chi connectivity index (χ1n) is 9.56. The Morgan fingerprint density at radius 3 is 1.00 bits per heavy atom. The topological polar surface area (TPSA) is 0 Å². The molecular formula is C22H48. The Hall–Kier alpha value is 0. The second-order valence-corrected chi connectivity index (χ2v) is 8.64. The lowest BCUT2D eigenvalue weighted by Gasteiger charge is -2.39. The fourth-order valence-corrected chi connectivity index (χ4v) is 3.89. The molecule has 0 aromatic carbocycles. The molecule has 0 radical (unpaired) electrons. The summed E-state index contributed by atoms with van der Waals surface area (Å²) in [6, 6.07) is 0. The summed E-state index contributed by atoms with van der Waals surface area (Å²) in [4.78, 5) is 0. The van der Waals surface area contributed by atoms with E-state index in [4.69, 9.17) is 0 Å². The largest absolute Gasteiger partial charge is 0.0776 e. The maximum Gasteiger partial charge on any atom is -0.0386 e. The minimum Gasteiger partial charge on any atom is -0.0776 e. The molecule has 0 aromatic rings. The fraction of sp³-hybridized carbons (Fsp3) is 1.00. The third-order valence-electron chi connectivity index (χ3n) is 7.57. The molecule has 0 fully saturated rings. The number of rotatable bonds is 9. The quantitative estimate of drug-likeness (QED) is 0.408. The Kier molecular flexibility index (Phi) is 11.8. The van der Waals surface area contributed by atoms with Crippen molar-refractivity contribution in [1.29, 1.82) is 0 Å². The highest BCUT2D eigenvalue weighted by Crippen LogP contribution is 2.39. The molecule has 136 valence electrons. The first-order valence-corrected chi connectivity index (χ1v) is 9.56. The molecule has 0 heterocycles. The van der Waals surface area contributed by atoms with Crippen LogP contribution in [0.15, 0.2) is 0 Å². The van der Waals surface area contributed by atoms with Crippen LogP contribution in [0.2, 0.25) is 0 Å². The van der Waals surface area contributed by atoms with Crippen LogP contribution in [0.4, 0.5) is 0 Å². The van der Waals surface area contributed by atoms with Crippen molar-refractivity contribution in [1.82, 2.24) is 0 Å². The molecule has 0 aromatic heterocycles. The average Bonchev–Trinajstić information content (AvgIpc) is 2.48. The zero-order chi connectivity index (χ0) is 16.9. The standard InChI is InChI=1S/C21H44.CH4/c1-12-14(4)16(6)18(8)20(10)21(11)19(9)17(7)15(5)13(2)3;/h13-21H,12H2,1-11H3;1H4. The molecule has 0 saturated carbocycles. The Morgan fingerprint density at radius 1 is 0.455 bits per heavy atom. The molecule has 0 saturated heterocycles. The normalized spacial score (nSPS) is 22.9. The van der Waals surface area contributed by atoms with E-state index in [1.165, 1.54) is 6.42 Å². The number of hydrogen-bond donors (Lipinski definition) is 0. The summed E-state index contributed by atoms with van der Waals surface area (Å²) >= 11 is 0. The second-order valence-electron chi connectivity index (χ2n) is 8.64. The Morgan fingerprint density at radius 2 is 0.727 bits per heavy atom. The molecule has 0 heteroatoms. The van der Waals surface area contributed by atoms with Crippen molar-refractivity contribution in [2.45, 2.75) is 90.0 Å². The van der Waals surface area contributed by atoms with E-state index >= 15 is 0 Å². The molecule has 8 unspecified atom stereocenters. The fourth-order valence-electron chi connectivity index (χ4n) is 3.89. The summed E-state index contributed by atoms with van der Waals surface area (Å²) in [5, 5.41) is 0. The molecule has 0 spiro atoms. The van der Waals surface area contributed by atoms with Gasteiger partial charge in [-0.05, 0) is 53.3 Å². The highest BCUT2D eigenvalue weighted by Gasteiger charge is 2.32. The lowest BCUT2D eigenvalue weighted by Crippen LogP contribution is -2.33. The van der Waals surface area contributed by atoms with Crippen LogP contribution in [-0.2, 0) is 0 Å². The van der Waals surface area contributed by atoms with E-state index in [2.05, 4.69) is 76.2 Å². The van der Waals surface area contributed by atoms with Crippen molar-refractivity contribution < 1.29 is 0 Å². The third kappa shape index (κ3) is 6.25. The Balaban J connectivity index is 0. The molecule has 0 rings (SSSR count). The van der Waals surface area contributed by atoms with Crippen molar-refractivity contribution in [2.75, 3.05) is 0 Å². The molecule has 0 nitrogen and oxygen atoms in total. The summed E-state index contributed by atoms with van der Waals surface area (Å²) in [6.45, 7) is 26.8. The van der Waals surface area contributed by atoms with Gasteiger partial charge in [-0.1, -0.05) is 90.0 Å². The SMILES string of the molecule is C.CCC(C)C(C)C(C)C(C)C(C)C(C)C(C)C(C)C(C)C. The van der Waals surface area contributed by atoms with Crippen molar-refractivity contribution in [3.63, 3.8) is 0 Å². The van der Waals surface area contributed by atoms with E-state index in [0.717, 1.165) is 53.3 Å². The predicted molar refractivity (Wildman–Crippen MR) is 105 cm³/mol. The van der Waals surface area contributed by atoms with Gasteiger partial charge in [-0.15, -0.1) is 0 Å². The highest BCUT2D eigenvalue weighted by molar-refractivity contribution is 4.81. The lowest BCUT2D eigenvalue weighted by molar-refractivity contribution is 0.0925. The monoisotopic (exact) mass is 312 g/mol. The van der Waals surface area contributed by atoms with Gasteiger partial charge in [0.05, 0.1) is 0 Å². The van der Waals surface area contributed by atoms with Gasteiger partial charge in [0.2, 0.25) is 0 Å². The maximum absolute atomic E-state index is 2.50. The van der Waals surface area contributed by atoms with Crippen molar-refractivity contribution in [3.05, 3.63) is 0 Å². The molecular weight excluding hydrogens is 264 g/mol. The van der Waals surface area contributed by atoms with Crippen molar-refractivity contribution in [2.24, 2.45) is 53.3 Å². The van der Waals surface area contributed by atoms with Crippen LogP contribution in [0.5, 0.6) is 0 Å². The van der Waals surface area contributed by atoms with Crippen LogP contribution < -0.4 is 0 Å². The van der Waals surface area contributed by atoms with Crippen molar-refractivity contribution >= 4 is 0 Å². The second kappa shape index (κ2) is 10.7. The van der Waals surface area contributed by atoms with Gasteiger partial charge in [-0.3, -0.25) is 0 Å². The minimum atomic E-state index is 0. The van der Waals surface area contributed by atoms with E-state index < -0.39 is 0 Å². The first kappa shape index (κ1) is 24.3. The first-order chi connectivity index (χ1) is 9.56. The molecule has 0 amide bonds. The van der Waals surface area contributed by atoms with E-state index in [9.17, 15) is 0 Å². The average molecular weight is 313 g/mol. The summed E-state index contributed by atoms with van der Waals surface area (Å²) in [5.41, 5.74) is 0. The predicted octanol–water partition coefficient (Wildman–Crippen LogP) is 7.78. The summed E-state index contributed by atoms with van der Waals surface area (Å²) in [7, 11) is 0. The zero-order valence-electron chi connectivity index (χ0n) is 16.9. The Bertz CT molecular complexity index is 267. The van der Waals surface area contributed by atoms with Gasteiger partial charge in [0.1, 0.15) is 0 Å². The van der Waals surface area contributed by atoms with Gasteiger partial charge in [-0.2, -0.15) is 0 Å². The zero-order valence-corrected chi connectivity index (χ0v) is 16.9. The van der Waals surface area contributed by atoms with E-state index in [1.54, 1.807) is 0 Å². The minimum absolute atomic E-state index is 0. The maximum atomic E-state index is 2.50. The molecule has 0 bridgehead atoms. The summed E-state index contributed by atoms with van der Waals surface area (Å²) in [5.74, 6) is 7.35. The lowest BCUT2D eigenvalue weighted by atomic mass is 9.66. The molecule has 0 aliphatic heterocycles. The van der Waals surface area contributed by atoms with Gasteiger partial charge >= 0.3 is 0 Å². The van der Waals surface area contributed by atoms with Crippen LogP contribution in [0.3, 0.4) is 0 Å². The van der Waals surface area contributed by atoms with Crippen LogP contribution in [0.1, 0.15) is 90.0 Å². The van der Waals surface area contributed by atoms with Crippen LogP contribution >= 0.6 is 0 Å². The number of hydrogen-bond acceptors (Lipinski definition) is 0. The summed E-state index contributed by atoms with van der Waals surface area (Å²) < 4.78 is 0. The van der Waals surface area contributed by atoms with Gasteiger partial charge in [0.15, 0.2) is 0 Å². The molecule has 22 heavy (non-hydrogen) atoms. The summed E-state index contributed by atoms with van der Waals surface area (Å²) in [6.07, 6.45) is 1.31. The van der Waals surface area contributed by atoms with E-state index in [-0.39, 0.29) is 7.43 Å². The molecule has 8 atom stereocenters. The molecule has 0 N–H and O–H groups in total.